The number of carbonyl (C=O) groups is 1. The number of hydrogen-bond acceptors (Lipinski definition) is 6. The predicted octanol–water partition coefficient (Wildman–Crippen LogP) is -1.47. The summed E-state index contributed by atoms with van der Waals surface area (Å²) in [5.74, 6) is -4.38. The maximum Gasteiger partial charge on any atom is 0.364 e. The van der Waals surface area contributed by atoms with Crippen LogP contribution in [0.4, 0.5) is 0 Å². The summed E-state index contributed by atoms with van der Waals surface area (Å²) in [6.07, 6.45) is -4.06. The van der Waals surface area contributed by atoms with Gasteiger partial charge in [-0.2, -0.15) is 0 Å². The molecule has 0 spiro atoms. The highest BCUT2D eigenvalue weighted by Gasteiger charge is 2.50. The molecule has 0 aromatic rings. The topological polar surface area (TPSA) is 127 Å². The van der Waals surface area contributed by atoms with Gasteiger partial charge in [-0.25, -0.2) is 4.79 Å². The van der Waals surface area contributed by atoms with E-state index in [2.05, 4.69) is 0 Å². The lowest BCUT2D eigenvalue weighted by atomic mass is 9.79. The van der Waals surface area contributed by atoms with E-state index in [0.29, 0.717) is 0 Å². The van der Waals surface area contributed by atoms with Crippen LogP contribution in [0.1, 0.15) is 20.3 Å². The number of rotatable bonds is 4. The number of carboxylic acids is 1. The number of aliphatic hydroxyl groups excluding tert-OH is 3. The van der Waals surface area contributed by atoms with Crippen molar-refractivity contribution in [3.05, 3.63) is 0 Å². The molecule has 0 saturated carbocycles. The molecule has 1 fully saturated rings. The van der Waals surface area contributed by atoms with Gasteiger partial charge in [0.15, 0.2) is 0 Å². The molecule has 1 heterocycles. The van der Waals surface area contributed by atoms with E-state index in [1.54, 1.807) is 13.8 Å². The smallest absolute Gasteiger partial charge is 0.364 e. The summed E-state index contributed by atoms with van der Waals surface area (Å²) < 4.78 is 5.04. The third-order valence-corrected chi connectivity index (χ3v) is 3.60. The second kappa shape index (κ2) is 5.50. The SMILES string of the molecule is C[C@@H]1C[C@@](O)(C(=O)O)OC([C@H](O)[C@H](O)CO)[C@@H]1C. The molecule has 0 aromatic carbocycles. The molecule has 0 radical (unpaired) electrons. The minimum absolute atomic E-state index is 0.0953. The van der Waals surface area contributed by atoms with Gasteiger partial charge in [-0.05, 0) is 11.8 Å². The molecule has 0 bridgehead atoms. The molecule has 1 aliphatic heterocycles. The molecule has 7 nitrogen and oxygen atoms in total. The van der Waals surface area contributed by atoms with Crippen molar-refractivity contribution >= 4 is 5.97 Å². The molecule has 6 atom stereocenters. The van der Waals surface area contributed by atoms with Crippen molar-refractivity contribution in [3.8, 4) is 0 Å². The normalized spacial score (nSPS) is 40.2. The largest absolute Gasteiger partial charge is 0.477 e. The third kappa shape index (κ3) is 2.81. The van der Waals surface area contributed by atoms with Gasteiger partial charge in [0.2, 0.25) is 0 Å². The molecular weight excluding hydrogens is 244 g/mol. The quantitative estimate of drug-likeness (QED) is 0.419. The molecule has 7 heteroatoms. The number of hydrogen-bond donors (Lipinski definition) is 5. The Labute approximate surface area is 105 Å². The van der Waals surface area contributed by atoms with Crippen LogP contribution in [0.5, 0.6) is 0 Å². The zero-order valence-corrected chi connectivity index (χ0v) is 10.4. The van der Waals surface area contributed by atoms with Crippen molar-refractivity contribution in [2.24, 2.45) is 11.8 Å². The Morgan fingerprint density at radius 1 is 1.44 bits per heavy atom. The van der Waals surface area contributed by atoms with Crippen LogP contribution in [-0.4, -0.2) is 62.2 Å². The van der Waals surface area contributed by atoms with Crippen molar-refractivity contribution in [3.63, 3.8) is 0 Å². The molecule has 0 aromatic heterocycles. The van der Waals surface area contributed by atoms with Crippen LogP contribution in [0, 0.1) is 11.8 Å². The van der Waals surface area contributed by atoms with Crippen LogP contribution >= 0.6 is 0 Å². The van der Waals surface area contributed by atoms with Crippen molar-refractivity contribution in [2.45, 2.75) is 44.4 Å². The Kier molecular flexibility index (Phi) is 4.68. The van der Waals surface area contributed by atoms with E-state index in [1.165, 1.54) is 0 Å². The van der Waals surface area contributed by atoms with Gasteiger partial charge in [-0.3, -0.25) is 0 Å². The highest BCUT2D eigenvalue weighted by atomic mass is 16.7. The van der Waals surface area contributed by atoms with E-state index >= 15 is 0 Å². The number of aliphatic carboxylic acids is 1. The predicted molar refractivity (Wildman–Crippen MR) is 59.5 cm³/mol. The van der Waals surface area contributed by atoms with Crippen molar-refractivity contribution in [1.29, 1.82) is 0 Å². The molecule has 18 heavy (non-hydrogen) atoms. The summed E-state index contributed by atoms with van der Waals surface area (Å²) in [7, 11) is 0. The Morgan fingerprint density at radius 3 is 2.44 bits per heavy atom. The van der Waals surface area contributed by atoms with Crippen LogP contribution in [0.2, 0.25) is 0 Å². The minimum atomic E-state index is -2.37. The van der Waals surface area contributed by atoms with Gasteiger partial charge in [0.05, 0.1) is 12.7 Å². The lowest BCUT2D eigenvalue weighted by Gasteiger charge is -2.44. The lowest BCUT2D eigenvalue weighted by molar-refractivity contribution is -0.294. The van der Waals surface area contributed by atoms with E-state index < -0.39 is 36.7 Å². The van der Waals surface area contributed by atoms with Crippen LogP contribution in [0.15, 0.2) is 0 Å². The van der Waals surface area contributed by atoms with Gasteiger partial charge in [0.25, 0.3) is 5.79 Å². The maximum absolute atomic E-state index is 11.0. The van der Waals surface area contributed by atoms with E-state index in [-0.39, 0.29) is 18.3 Å². The Hall–Kier alpha value is -0.730. The average Bonchev–Trinajstić information content (AvgIpc) is 2.31. The van der Waals surface area contributed by atoms with Gasteiger partial charge >= 0.3 is 5.97 Å². The van der Waals surface area contributed by atoms with E-state index in [9.17, 15) is 20.1 Å². The molecular formula is C11H20O7. The zero-order valence-electron chi connectivity index (χ0n) is 10.4. The highest BCUT2D eigenvalue weighted by molar-refractivity contribution is 5.75. The first-order chi connectivity index (χ1) is 8.23. The first-order valence-electron chi connectivity index (χ1n) is 5.83. The van der Waals surface area contributed by atoms with E-state index in [4.69, 9.17) is 14.9 Å². The monoisotopic (exact) mass is 264 g/mol. The van der Waals surface area contributed by atoms with E-state index in [0.717, 1.165) is 0 Å². The average molecular weight is 264 g/mol. The summed E-state index contributed by atoms with van der Waals surface area (Å²) in [4.78, 5) is 11.0. The second-order valence-electron chi connectivity index (χ2n) is 4.95. The first-order valence-corrected chi connectivity index (χ1v) is 5.83. The molecule has 1 aliphatic rings. The Bertz CT molecular complexity index is 308. The maximum atomic E-state index is 11.0. The summed E-state index contributed by atoms with van der Waals surface area (Å²) in [6, 6.07) is 0. The Morgan fingerprint density at radius 2 is 2.00 bits per heavy atom. The van der Waals surface area contributed by atoms with Gasteiger partial charge in [0, 0.05) is 6.42 Å². The molecule has 0 aliphatic carbocycles. The van der Waals surface area contributed by atoms with Crippen LogP contribution in [0.3, 0.4) is 0 Å². The standard InChI is InChI=1S/C11H20O7/c1-5-3-11(17,10(15)16)18-9(6(5)2)8(14)7(13)4-12/h5-9,12-14,17H,3-4H2,1-2H3,(H,15,16)/t5-,6-,7-,8-,9?,11+/m1/s1. The van der Waals surface area contributed by atoms with E-state index in [1.807, 2.05) is 0 Å². The fourth-order valence-electron chi connectivity index (χ4n) is 2.17. The molecule has 1 unspecified atom stereocenters. The summed E-state index contributed by atoms with van der Waals surface area (Å²) in [5, 5.41) is 46.7. The van der Waals surface area contributed by atoms with Gasteiger partial charge in [-0.15, -0.1) is 0 Å². The van der Waals surface area contributed by atoms with Crippen molar-refractivity contribution in [1.82, 2.24) is 0 Å². The minimum Gasteiger partial charge on any atom is -0.477 e. The highest BCUT2D eigenvalue weighted by Crippen LogP contribution is 2.37. The number of aliphatic hydroxyl groups is 4. The van der Waals surface area contributed by atoms with Crippen LogP contribution in [0.25, 0.3) is 0 Å². The third-order valence-electron chi connectivity index (χ3n) is 3.60. The van der Waals surface area contributed by atoms with Crippen molar-refractivity contribution < 1.29 is 35.1 Å². The second-order valence-corrected chi connectivity index (χ2v) is 4.95. The fourth-order valence-corrected chi connectivity index (χ4v) is 2.17. The van der Waals surface area contributed by atoms with Gasteiger partial charge in [-0.1, -0.05) is 13.8 Å². The zero-order chi connectivity index (χ0) is 14.1. The lowest BCUT2D eigenvalue weighted by Crippen LogP contribution is -2.58. The summed E-state index contributed by atoms with van der Waals surface area (Å²) in [5.41, 5.74) is 0. The summed E-state index contributed by atoms with van der Waals surface area (Å²) >= 11 is 0. The fraction of sp³-hybridized carbons (Fsp3) is 0.909. The Balaban J connectivity index is 2.92. The first kappa shape index (κ1) is 15.3. The van der Waals surface area contributed by atoms with Crippen molar-refractivity contribution in [2.75, 3.05) is 6.61 Å². The van der Waals surface area contributed by atoms with Crippen LogP contribution < -0.4 is 0 Å². The number of ether oxygens (including phenoxy) is 1. The molecule has 1 saturated heterocycles. The number of carboxylic acid groups (broad SMARTS) is 1. The van der Waals surface area contributed by atoms with Crippen LogP contribution in [-0.2, 0) is 9.53 Å². The molecule has 106 valence electrons. The molecule has 0 amide bonds. The molecule has 5 N–H and O–H groups in total. The van der Waals surface area contributed by atoms with Gasteiger partial charge in [0.1, 0.15) is 12.2 Å². The van der Waals surface area contributed by atoms with Gasteiger partial charge < -0.3 is 30.3 Å². The molecule has 1 rings (SSSR count). The summed E-state index contributed by atoms with van der Waals surface area (Å²) in [6.45, 7) is 2.78.